The van der Waals surface area contributed by atoms with E-state index in [0.717, 1.165) is 35.0 Å². The van der Waals surface area contributed by atoms with Crippen molar-refractivity contribution < 1.29 is 94.2 Å². The van der Waals surface area contributed by atoms with Crippen LogP contribution in [0.4, 0.5) is 27.6 Å². The second kappa shape index (κ2) is 28.5. The summed E-state index contributed by atoms with van der Waals surface area (Å²) in [6.45, 7) is 16.1. The molecule has 10 rings (SSSR count). The van der Waals surface area contributed by atoms with E-state index in [1.54, 1.807) is 46.3 Å². The van der Waals surface area contributed by atoms with E-state index in [2.05, 4.69) is 50.3 Å². The lowest BCUT2D eigenvalue weighted by atomic mass is 9.71. The summed E-state index contributed by atoms with van der Waals surface area (Å²) in [4.78, 5) is 26.8. The molecule has 2 aromatic carbocycles. The van der Waals surface area contributed by atoms with E-state index < -0.39 is 126 Å². The van der Waals surface area contributed by atoms with Gasteiger partial charge in [-0.2, -0.15) is 5.10 Å². The average molecular weight is 1250 g/mol. The number of para-hydroxylation sites is 1. The van der Waals surface area contributed by atoms with Gasteiger partial charge in [-0.15, -0.1) is 0 Å². The molecule has 7 heterocycles. The Balaban J connectivity index is 0.000000290. The fraction of sp³-hybridized carbons (Fsp3) is 0.591. The molecule has 1 amide bonds. The summed E-state index contributed by atoms with van der Waals surface area (Å²) in [5.74, 6) is -7.82. The van der Waals surface area contributed by atoms with Gasteiger partial charge in [0.1, 0.15) is 47.7 Å². The highest BCUT2D eigenvalue weighted by Gasteiger charge is 2.60. The van der Waals surface area contributed by atoms with Crippen LogP contribution in [0.5, 0.6) is 0 Å². The van der Waals surface area contributed by atoms with E-state index in [4.69, 9.17) is 47.4 Å². The third kappa shape index (κ3) is 14.7. The molecule has 89 heavy (non-hydrogen) atoms. The van der Waals surface area contributed by atoms with Gasteiger partial charge in [0.25, 0.3) is 12.3 Å². The summed E-state index contributed by atoms with van der Waals surface area (Å²) < 4.78 is 131. The highest BCUT2D eigenvalue weighted by Crippen LogP contribution is 2.47. The molecule has 23 heteroatoms. The number of anilines is 1. The number of carbonyl (C=O) groups is 2. The average Bonchev–Trinajstić information content (AvgIpc) is 1.73. The van der Waals surface area contributed by atoms with Crippen molar-refractivity contribution >= 4 is 17.6 Å². The molecule has 1 aliphatic carbocycles. The number of allylic oxidation sites excluding steroid dienone is 2. The molecule has 0 saturated carbocycles. The first kappa shape index (κ1) is 67.8. The van der Waals surface area contributed by atoms with E-state index in [1.807, 2.05) is 32.1 Å². The first-order valence-electron chi connectivity index (χ1n) is 30.5. The lowest BCUT2D eigenvalue weighted by Gasteiger charge is -2.48. The molecular weight excluding hydrogens is 1170 g/mol. The standard InChI is InChI=1S/C48H72O14.C18H12F5N3O/c1-11-25(2)43-28(5)17-18-47(62-43)23-34-20-33(61-47)16-15-27(4)42(26(3)13-12-14-32-24-55-45-40(49)29(6)19-35(46(51)58-34)48(32,45)52)59-39-22-37(54-10)44(31(8)57-39)60-38-21-36(53-9)41(50)30(7)56-38;1-26-8-11(16(25-26)17(22)23)18(27)24-14-5-3-2-4-10(14)9-6-12(19)15(21)13(20)7-9/h12-15,17-19,25-26,28,30-31,33-45,49-50,52H,11,16,20-24H2,1-10H3;2-8,17H,1H3,(H,24,27)/b13-12+,27-15+,32-14+;/t25?,26-,28-,30-,31-,33+,34-,35-,36-,37-,38-,39-,40+,41-,42-,43+,44-,45+,47+,48+;/m0./s1. The maximum atomic E-state index is 14.3. The SMILES string of the molecule is CCC(C)[C@H]1O[C@]2(C=C[C@@H]1C)C[C@@H]1C[C@@H](C/C=C(\C)[C@@H](O[C@H]3C[C@H](OC)[C@@H](O[C@H]4C[C@H](OC)[C@@H](O)[C@H](C)O4)[C@H](C)O3)[C@@H](C)/C=C/C=C3\CO[C@@H]4[C@H](O)C(C)=C[C@@H](C(=O)O1)[C@]34O)O2.Cn1cc(C(=O)Nc2ccccc2-c2cc(F)c(F)c(F)c2)c(C(F)F)n1. The van der Waals surface area contributed by atoms with Crippen molar-refractivity contribution in [3.8, 4) is 11.1 Å². The number of aliphatic hydroxyl groups excluding tert-OH is 2. The molecule has 4 saturated heterocycles. The number of aliphatic hydroxyl groups is 3. The summed E-state index contributed by atoms with van der Waals surface area (Å²) in [7, 11) is 4.61. The van der Waals surface area contributed by atoms with E-state index in [0.29, 0.717) is 43.3 Å². The highest BCUT2D eigenvalue weighted by atomic mass is 19.3. The Labute approximate surface area is 516 Å². The van der Waals surface area contributed by atoms with Crippen molar-refractivity contribution in [3.63, 3.8) is 0 Å². The number of rotatable bonds is 12. The second-order valence-electron chi connectivity index (χ2n) is 24.6. The lowest BCUT2D eigenvalue weighted by molar-refractivity contribution is -0.318. The topological polar surface area (TPSA) is 217 Å². The Bertz CT molecular complexity index is 3130. The maximum Gasteiger partial charge on any atom is 0.316 e. The Morgan fingerprint density at radius 1 is 0.899 bits per heavy atom. The number of hydrogen-bond donors (Lipinski definition) is 4. The number of hydrogen-bond acceptors (Lipinski definition) is 16. The summed E-state index contributed by atoms with van der Waals surface area (Å²) in [5.41, 5.74) is -0.620. The molecule has 3 aromatic rings. The van der Waals surface area contributed by atoms with Crippen LogP contribution in [0.1, 0.15) is 116 Å². The van der Waals surface area contributed by atoms with Gasteiger partial charge in [-0.25, -0.2) is 22.0 Å². The molecule has 2 bridgehead atoms. The molecular formula is C66H84F5N3O15. The van der Waals surface area contributed by atoms with Crippen LogP contribution < -0.4 is 5.32 Å². The summed E-state index contributed by atoms with van der Waals surface area (Å²) in [6.07, 6.45) is 6.73. The van der Waals surface area contributed by atoms with Crippen LogP contribution in [0.3, 0.4) is 0 Å². The minimum absolute atomic E-state index is 0.0254. The number of carbonyl (C=O) groups excluding carboxylic acids is 2. The predicted molar refractivity (Wildman–Crippen MR) is 315 cm³/mol. The van der Waals surface area contributed by atoms with Crippen LogP contribution >= 0.6 is 0 Å². The zero-order valence-electron chi connectivity index (χ0n) is 52.0. The Morgan fingerprint density at radius 3 is 2.28 bits per heavy atom. The van der Waals surface area contributed by atoms with Gasteiger partial charge >= 0.3 is 5.97 Å². The van der Waals surface area contributed by atoms with Crippen molar-refractivity contribution in [1.29, 1.82) is 0 Å². The largest absolute Gasteiger partial charge is 0.462 e. The van der Waals surface area contributed by atoms with Crippen LogP contribution in [0, 0.1) is 41.1 Å². The van der Waals surface area contributed by atoms with E-state index >= 15 is 0 Å². The number of esters is 1. The Kier molecular flexibility index (Phi) is 21.8. The number of benzene rings is 2. The monoisotopic (exact) mass is 1250 g/mol. The number of aromatic nitrogens is 2. The van der Waals surface area contributed by atoms with Crippen LogP contribution in [-0.2, 0) is 59.2 Å². The smallest absolute Gasteiger partial charge is 0.316 e. The van der Waals surface area contributed by atoms with Crippen molar-refractivity contribution in [1.82, 2.24) is 9.78 Å². The molecule has 4 fully saturated rings. The van der Waals surface area contributed by atoms with Crippen molar-refractivity contribution in [2.75, 3.05) is 26.1 Å². The zero-order chi connectivity index (χ0) is 64.4. The van der Waals surface area contributed by atoms with Crippen molar-refractivity contribution in [3.05, 3.63) is 131 Å². The number of nitrogens with zero attached hydrogens (tertiary/aromatic N) is 2. The first-order valence-corrected chi connectivity index (χ1v) is 30.5. The Morgan fingerprint density at radius 2 is 1.58 bits per heavy atom. The van der Waals surface area contributed by atoms with E-state index in [1.165, 1.54) is 25.2 Å². The lowest BCUT2D eigenvalue weighted by Crippen LogP contribution is -2.58. The van der Waals surface area contributed by atoms with Crippen LogP contribution in [-0.4, -0.2) is 155 Å². The van der Waals surface area contributed by atoms with Gasteiger partial charge in [-0.05, 0) is 86.6 Å². The van der Waals surface area contributed by atoms with Crippen molar-refractivity contribution in [2.24, 2.45) is 30.7 Å². The third-order valence-corrected chi connectivity index (χ3v) is 18.3. The minimum atomic E-state index is -2.96. The summed E-state index contributed by atoms with van der Waals surface area (Å²) in [5, 5.41) is 40.2. The third-order valence-electron chi connectivity index (χ3n) is 18.3. The van der Waals surface area contributed by atoms with Crippen LogP contribution in [0.2, 0.25) is 0 Å². The molecule has 1 aromatic heterocycles. The second-order valence-corrected chi connectivity index (χ2v) is 24.6. The molecule has 488 valence electrons. The van der Waals surface area contributed by atoms with Gasteiger partial charge in [-0.3, -0.25) is 14.3 Å². The van der Waals surface area contributed by atoms with E-state index in [9.17, 15) is 46.9 Å². The Hall–Kier alpha value is -5.54. The van der Waals surface area contributed by atoms with Crippen LogP contribution in [0.15, 0.2) is 102 Å². The predicted octanol–water partition coefficient (Wildman–Crippen LogP) is 10.1. The molecule has 1 spiro atoms. The fourth-order valence-corrected chi connectivity index (χ4v) is 13.1. The summed E-state index contributed by atoms with van der Waals surface area (Å²) >= 11 is 0. The molecule has 1 unspecified atom stereocenters. The van der Waals surface area contributed by atoms with Gasteiger partial charge in [0, 0.05) is 76.2 Å². The van der Waals surface area contributed by atoms with Crippen LogP contribution in [0.25, 0.3) is 11.1 Å². The molecule has 7 aliphatic rings. The zero-order valence-corrected chi connectivity index (χ0v) is 52.0. The van der Waals surface area contributed by atoms with Gasteiger partial charge in [-0.1, -0.05) is 88.8 Å². The number of nitrogens with one attached hydrogen (secondary N) is 1. The van der Waals surface area contributed by atoms with Gasteiger partial charge in [0.2, 0.25) is 0 Å². The molecule has 20 atom stereocenters. The number of methoxy groups -OCH3 is 2. The highest BCUT2D eigenvalue weighted by molar-refractivity contribution is 6.07. The van der Waals surface area contributed by atoms with Crippen molar-refractivity contribution in [2.45, 2.75) is 198 Å². The number of amides is 1. The van der Waals surface area contributed by atoms with Gasteiger partial charge < -0.3 is 68.0 Å². The maximum absolute atomic E-state index is 14.3. The quantitative estimate of drug-likeness (QED) is 0.0574. The minimum Gasteiger partial charge on any atom is -0.462 e. The molecule has 18 nitrogen and oxygen atoms in total. The molecule has 6 aliphatic heterocycles. The van der Waals surface area contributed by atoms with Gasteiger partial charge in [0.15, 0.2) is 35.8 Å². The number of ether oxygens (including phenoxy) is 10. The number of alkyl halides is 2. The fourth-order valence-electron chi connectivity index (χ4n) is 13.1. The first-order chi connectivity index (χ1) is 42.3. The normalized spacial score (nSPS) is 37.6. The summed E-state index contributed by atoms with van der Waals surface area (Å²) in [6, 6.07) is 7.49. The number of aryl methyl sites for hydroxylation is 1. The van der Waals surface area contributed by atoms with E-state index in [-0.39, 0.29) is 65.1 Å². The number of halogens is 5. The number of fused-ring (bicyclic) bond motifs is 2. The molecule has 0 radical (unpaired) electrons. The van der Waals surface area contributed by atoms with Gasteiger partial charge in [0.05, 0.1) is 54.9 Å². The molecule has 4 N–H and O–H groups in total.